The number of nitrogens with one attached hydrogen (secondary N) is 1. The maximum absolute atomic E-state index is 13.6. The minimum absolute atomic E-state index is 0. The van der Waals surface area contributed by atoms with Crippen molar-refractivity contribution < 1.29 is 32.6 Å². The Labute approximate surface area is 206 Å². The maximum atomic E-state index is 13.6. The quantitative estimate of drug-likeness (QED) is 0.419. The summed E-state index contributed by atoms with van der Waals surface area (Å²) in [6, 6.07) is 8.92. The van der Waals surface area contributed by atoms with Gasteiger partial charge in [-0.05, 0) is 23.3 Å². The molecule has 1 amide bonds. The summed E-state index contributed by atoms with van der Waals surface area (Å²) in [5.74, 6) is -3.21. The number of hydrogen-bond acceptors (Lipinski definition) is 5. The van der Waals surface area contributed by atoms with Gasteiger partial charge in [-0.3, -0.25) is 9.59 Å². The van der Waals surface area contributed by atoms with Crippen molar-refractivity contribution in [2.45, 2.75) is 33.2 Å². The number of Topliss-reactive ketones (excluding diaryl/α,β-unsaturated/α-hetero) is 1. The molecule has 1 aromatic heterocycles. The number of carbonyl (C=O) groups excluding carboxylic acids is 2. The van der Waals surface area contributed by atoms with E-state index in [9.17, 15) is 27.9 Å². The molecule has 0 atom stereocenters. The minimum atomic E-state index is -4.91. The molecule has 0 radical (unpaired) electrons. The van der Waals surface area contributed by atoms with Crippen molar-refractivity contribution in [1.29, 1.82) is 0 Å². The largest absolute Gasteiger partial charge is 0.506 e. The molecule has 0 saturated heterocycles. The number of halogens is 4. The predicted octanol–water partition coefficient (Wildman–Crippen LogP) is 4.91. The van der Waals surface area contributed by atoms with Gasteiger partial charge in [0.15, 0.2) is 5.78 Å². The Morgan fingerprint density at radius 3 is 2.29 bits per heavy atom. The highest BCUT2D eigenvalue weighted by atomic mass is 35.5. The molecule has 1 heterocycles. The van der Waals surface area contributed by atoms with Crippen LogP contribution in [0.25, 0.3) is 0 Å². The lowest BCUT2D eigenvalue weighted by atomic mass is 9.97. The van der Waals surface area contributed by atoms with Crippen LogP contribution < -0.4 is 10.1 Å². The Bertz CT molecular complexity index is 1190. The number of ketones is 1. The highest BCUT2D eigenvalue weighted by molar-refractivity contribution is 6.00. The second-order valence-corrected chi connectivity index (χ2v) is 8.06. The molecule has 0 bridgehead atoms. The Kier molecular flexibility index (Phi) is 8.92. The molecule has 0 aliphatic heterocycles. The number of amides is 1. The zero-order valence-corrected chi connectivity index (χ0v) is 20.0. The molecule has 0 fully saturated rings. The summed E-state index contributed by atoms with van der Waals surface area (Å²) >= 11 is 0. The van der Waals surface area contributed by atoms with Crippen molar-refractivity contribution in [2.24, 2.45) is 13.0 Å². The molecule has 0 saturated carbocycles. The van der Waals surface area contributed by atoms with Crippen LogP contribution in [0.2, 0.25) is 0 Å². The number of hydrogen-bond donors (Lipinski definition) is 2. The fourth-order valence-corrected chi connectivity index (χ4v) is 3.19. The first kappa shape index (κ1) is 27.7. The number of aryl methyl sites for hydroxylation is 1. The lowest BCUT2D eigenvalue weighted by molar-refractivity contribution is -0.140. The lowest BCUT2D eigenvalue weighted by Gasteiger charge is -2.18. The number of nitrogens with zero attached hydrogens (tertiary/aromatic N) is 2. The molecule has 11 heteroatoms. The highest BCUT2D eigenvalue weighted by Gasteiger charge is 2.39. The number of carbonyl (C=O) groups is 2. The van der Waals surface area contributed by atoms with Gasteiger partial charge in [-0.25, -0.2) is 4.98 Å². The number of ether oxygens (including phenoxy) is 1. The first-order valence-electron chi connectivity index (χ1n) is 10.4. The third-order valence-corrected chi connectivity index (χ3v) is 5.02. The molecule has 0 aliphatic carbocycles. The number of benzene rings is 2. The van der Waals surface area contributed by atoms with E-state index < -0.39 is 40.5 Å². The predicted molar refractivity (Wildman–Crippen MR) is 125 cm³/mol. The molecular weight excluding hydrogens is 487 g/mol. The van der Waals surface area contributed by atoms with Gasteiger partial charge < -0.3 is 19.7 Å². The van der Waals surface area contributed by atoms with Gasteiger partial charge in [0.05, 0.1) is 11.9 Å². The average Bonchev–Trinajstić information content (AvgIpc) is 3.21. The fourth-order valence-electron chi connectivity index (χ4n) is 3.19. The topological polar surface area (TPSA) is 93.5 Å². The summed E-state index contributed by atoms with van der Waals surface area (Å²) in [6.45, 7) is 3.12. The first-order valence-corrected chi connectivity index (χ1v) is 10.4. The van der Waals surface area contributed by atoms with Gasteiger partial charge >= 0.3 is 6.18 Å². The second kappa shape index (κ2) is 11.3. The molecule has 0 aliphatic rings. The number of phenolic OH excluding ortho intramolecular Hbond substituents is 1. The molecule has 3 rings (SSSR count). The zero-order valence-electron chi connectivity index (χ0n) is 19.2. The van der Waals surface area contributed by atoms with E-state index >= 15 is 0 Å². The Morgan fingerprint density at radius 2 is 1.74 bits per heavy atom. The number of alkyl halides is 3. The molecule has 3 aromatic rings. The number of rotatable bonds is 8. The summed E-state index contributed by atoms with van der Waals surface area (Å²) in [6.07, 6.45) is -1.81. The fraction of sp³-hybridized carbons (Fsp3) is 0.292. The van der Waals surface area contributed by atoms with Gasteiger partial charge in [-0.1, -0.05) is 38.1 Å². The van der Waals surface area contributed by atoms with E-state index in [1.165, 1.54) is 20.2 Å². The van der Waals surface area contributed by atoms with Crippen molar-refractivity contribution >= 4 is 24.1 Å². The number of aromatic hydroxyl groups is 1. The Morgan fingerprint density at radius 1 is 1.11 bits per heavy atom. The van der Waals surface area contributed by atoms with Crippen molar-refractivity contribution in [2.75, 3.05) is 0 Å². The minimum Gasteiger partial charge on any atom is -0.506 e. The summed E-state index contributed by atoms with van der Waals surface area (Å²) in [5.41, 5.74) is -0.134. The van der Waals surface area contributed by atoms with Crippen LogP contribution in [0.5, 0.6) is 11.5 Å². The van der Waals surface area contributed by atoms with Gasteiger partial charge in [0.1, 0.15) is 29.4 Å². The summed E-state index contributed by atoms with van der Waals surface area (Å²) < 4.78 is 47.9. The van der Waals surface area contributed by atoms with E-state index in [0.29, 0.717) is 5.56 Å². The van der Waals surface area contributed by atoms with Crippen LogP contribution >= 0.6 is 12.4 Å². The van der Waals surface area contributed by atoms with Crippen molar-refractivity contribution in [3.8, 4) is 11.5 Å². The van der Waals surface area contributed by atoms with Crippen molar-refractivity contribution in [3.05, 3.63) is 76.9 Å². The molecule has 188 valence electrons. The maximum Gasteiger partial charge on any atom is 0.423 e. The summed E-state index contributed by atoms with van der Waals surface area (Å²) in [4.78, 5) is 28.2. The van der Waals surface area contributed by atoms with E-state index in [1.807, 2.05) is 0 Å². The van der Waals surface area contributed by atoms with Crippen molar-refractivity contribution in [3.63, 3.8) is 0 Å². The van der Waals surface area contributed by atoms with Gasteiger partial charge in [-0.15, -0.1) is 12.4 Å². The molecule has 2 N–H and O–H groups in total. The van der Waals surface area contributed by atoms with E-state index in [-0.39, 0.29) is 37.2 Å². The van der Waals surface area contributed by atoms with E-state index in [0.717, 1.165) is 17.7 Å². The van der Waals surface area contributed by atoms with Crippen LogP contribution in [-0.4, -0.2) is 26.3 Å². The Hall–Kier alpha value is -3.53. The van der Waals surface area contributed by atoms with Crippen LogP contribution in [0.1, 0.15) is 51.4 Å². The third-order valence-electron chi connectivity index (χ3n) is 5.02. The van der Waals surface area contributed by atoms with E-state index in [2.05, 4.69) is 10.3 Å². The standard InChI is InChI=1S/C24H24F3N3O4.ClH/c1-14(2)21(31)17-8-9-19(20(22(17)32)24(25,26)27)34-12-16-6-4-15(5-7-16)10-28-23(33)18-11-30(3)13-29-18;/h4-9,11,13-14,32H,10,12H2,1-3H3,(H,28,33);1H. The Balaban J connectivity index is 0.00000432. The molecule has 7 nitrogen and oxygen atoms in total. The molecule has 0 unspecified atom stereocenters. The van der Waals surface area contributed by atoms with Crippen LogP contribution in [0, 0.1) is 5.92 Å². The van der Waals surface area contributed by atoms with Crippen molar-refractivity contribution in [1.82, 2.24) is 14.9 Å². The monoisotopic (exact) mass is 511 g/mol. The molecule has 35 heavy (non-hydrogen) atoms. The lowest BCUT2D eigenvalue weighted by Crippen LogP contribution is -2.23. The molecule has 2 aromatic carbocycles. The number of aromatic nitrogens is 2. The highest BCUT2D eigenvalue weighted by Crippen LogP contribution is 2.44. The normalized spacial score (nSPS) is 11.2. The van der Waals surface area contributed by atoms with Crippen LogP contribution in [-0.2, 0) is 26.4 Å². The van der Waals surface area contributed by atoms with Crippen LogP contribution in [0.15, 0.2) is 48.9 Å². The van der Waals surface area contributed by atoms with Crippen LogP contribution in [0.4, 0.5) is 13.2 Å². The van der Waals surface area contributed by atoms with Gasteiger partial charge in [0.25, 0.3) is 5.91 Å². The average molecular weight is 512 g/mol. The smallest absolute Gasteiger partial charge is 0.423 e. The summed E-state index contributed by atoms with van der Waals surface area (Å²) in [5, 5.41) is 12.9. The number of phenols is 1. The molecule has 0 spiro atoms. The van der Waals surface area contributed by atoms with Gasteiger partial charge in [0, 0.05) is 25.7 Å². The number of imidazole rings is 1. The molecular formula is C24H25ClF3N3O4. The van der Waals surface area contributed by atoms with E-state index in [4.69, 9.17) is 4.74 Å². The van der Waals surface area contributed by atoms with Gasteiger partial charge in [0.2, 0.25) is 0 Å². The SMILES string of the molecule is CC(C)C(=O)c1ccc(OCc2ccc(CNC(=O)c3cn(C)cn3)cc2)c(C(F)(F)F)c1O.Cl. The first-order chi connectivity index (χ1) is 16.0. The third kappa shape index (κ3) is 6.75. The van der Waals surface area contributed by atoms with E-state index in [1.54, 1.807) is 42.1 Å². The zero-order chi connectivity index (χ0) is 25.0. The van der Waals surface area contributed by atoms with Crippen LogP contribution in [0.3, 0.4) is 0 Å². The second-order valence-electron chi connectivity index (χ2n) is 8.06. The van der Waals surface area contributed by atoms with Gasteiger partial charge in [-0.2, -0.15) is 13.2 Å². The summed E-state index contributed by atoms with van der Waals surface area (Å²) in [7, 11) is 1.75.